The van der Waals surface area contributed by atoms with E-state index in [2.05, 4.69) is 21.0 Å². The number of hydrogen-bond donors (Lipinski definition) is 0. The van der Waals surface area contributed by atoms with E-state index < -0.39 is 0 Å². The largest absolute Gasteiger partial charge is 0.330 e. The first-order chi connectivity index (χ1) is 11.5. The van der Waals surface area contributed by atoms with Crippen molar-refractivity contribution in [1.82, 2.24) is 14.5 Å². The summed E-state index contributed by atoms with van der Waals surface area (Å²) in [6, 6.07) is 10.2. The predicted octanol–water partition coefficient (Wildman–Crippen LogP) is 4.00. The molecule has 1 aliphatic heterocycles. The smallest absolute Gasteiger partial charge is 0.274 e. The minimum absolute atomic E-state index is 0.128. The number of rotatable bonds is 1. The van der Waals surface area contributed by atoms with Crippen LogP contribution < -0.4 is 0 Å². The molecule has 0 saturated heterocycles. The van der Waals surface area contributed by atoms with Crippen molar-refractivity contribution < 1.29 is 9.18 Å². The van der Waals surface area contributed by atoms with Gasteiger partial charge in [0, 0.05) is 17.2 Å². The molecule has 0 fully saturated rings. The summed E-state index contributed by atoms with van der Waals surface area (Å²) in [6.45, 7) is 2.54. The molecule has 1 aromatic carbocycles. The van der Waals surface area contributed by atoms with Crippen LogP contribution in [0, 0.1) is 5.82 Å². The highest BCUT2D eigenvalue weighted by Gasteiger charge is 2.29. The van der Waals surface area contributed by atoms with Gasteiger partial charge < -0.3 is 4.90 Å². The van der Waals surface area contributed by atoms with Gasteiger partial charge in [0.1, 0.15) is 5.82 Å². The maximum Gasteiger partial charge on any atom is 0.274 e. The SMILES string of the molecule is CC1c2cc(F)ccc2CCN1C(=O)c1cc2ccc(Br)cn2n1. The summed E-state index contributed by atoms with van der Waals surface area (Å²) in [5.74, 6) is -0.398. The lowest BCUT2D eigenvalue weighted by molar-refractivity contribution is 0.0671. The first-order valence-corrected chi connectivity index (χ1v) is 8.56. The van der Waals surface area contributed by atoms with Gasteiger partial charge in [0.15, 0.2) is 5.69 Å². The fraction of sp³-hybridized carbons (Fsp3) is 0.222. The molecule has 0 spiro atoms. The highest BCUT2D eigenvalue weighted by atomic mass is 79.9. The topological polar surface area (TPSA) is 37.6 Å². The third-order valence-electron chi connectivity index (χ3n) is 4.55. The van der Waals surface area contributed by atoms with Gasteiger partial charge in [0.05, 0.1) is 11.6 Å². The Morgan fingerprint density at radius 2 is 2.12 bits per heavy atom. The highest BCUT2D eigenvalue weighted by Crippen LogP contribution is 2.31. The number of amides is 1. The number of nitrogens with zero attached hydrogens (tertiary/aromatic N) is 3. The van der Waals surface area contributed by atoms with Crippen LogP contribution >= 0.6 is 15.9 Å². The van der Waals surface area contributed by atoms with Crippen LogP contribution in [0.1, 0.15) is 34.6 Å². The van der Waals surface area contributed by atoms with E-state index >= 15 is 0 Å². The molecule has 3 heterocycles. The van der Waals surface area contributed by atoms with Crippen molar-refractivity contribution in [2.24, 2.45) is 0 Å². The molecule has 2 aromatic heterocycles. The Bertz CT molecular complexity index is 953. The molecule has 6 heteroatoms. The number of carbonyl (C=O) groups is 1. The van der Waals surface area contributed by atoms with Crippen LogP contribution in [0.2, 0.25) is 0 Å². The third kappa shape index (κ3) is 2.51. The minimum Gasteiger partial charge on any atom is -0.330 e. The van der Waals surface area contributed by atoms with E-state index in [-0.39, 0.29) is 17.8 Å². The molecule has 0 bridgehead atoms. The zero-order chi connectivity index (χ0) is 16.8. The van der Waals surface area contributed by atoms with E-state index in [0.717, 1.165) is 27.5 Å². The molecule has 0 saturated carbocycles. The molecule has 0 radical (unpaired) electrons. The molecular formula is C18H15BrFN3O. The van der Waals surface area contributed by atoms with Gasteiger partial charge in [-0.15, -0.1) is 0 Å². The van der Waals surface area contributed by atoms with E-state index in [4.69, 9.17) is 0 Å². The second-order valence-electron chi connectivity index (χ2n) is 6.01. The molecule has 0 aliphatic carbocycles. The molecule has 122 valence electrons. The van der Waals surface area contributed by atoms with Gasteiger partial charge in [-0.2, -0.15) is 5.10 Å². The van der Waals surface area contributed by atoms with Crippen molar-refractivity contribution in [2.75, 3.05) is 6.54 Å². The highest BCUT2D eigenvalue weighted by molar-refractivity contribution is 9.10. The normalized spacial score (nSPS) is 17.1. The molecule has 1 aliphatic rings. The number of halogens is 2. The second-order valence-corrected chi connectivity index (χ2v) is 6.93. The standard InChI is InChI=1S/C18H15BrFN3O/c1-11-16-8-14(20)4-2-12(16)6-7-22(11)18(24)17-9-15-5-3-13(19)10-23(15)21-17/h2-5,8-11H,6-7H2,1H3. The maximum atomic E-state index is 13.6. The van der Waals surface area contributed by atoms with Crippen LogP contribution in [0.3, 0.4) is 0 Å². The lowest BCUT2D eigenvalue weighted by atomic mass is 9.93. The summed E-state index contributed by atoms with van der Waals surface area (Å²) in [7, 11) is 0. The zero-order valence-corrected chi connectivity index (χ0v) is 14.6. The number of hydrogen-bond acceptors (Lipinski definition) is 2. The molecule has 3 aromatic rings. The monoisotopic (exact) mass is 387 g/mol. The Balaban J connectivity index is 1.68. The van der Waals surface area contributed by atoms with Crippen LogP contribution in [0.5, 0.6) is 0 Å². The van der Waals surface area contributed by atoms with E-state index in [9.17, 15) is 9.18 Å². The summed E-state index contributed by atoms with van der Waals surface area (Å²) in [6.07, 6.45) is 2.54. The van der Waals surface area contributed by atoms with E-state index in [1.807, 2.05) is 31.3 Å². The molecule has 1 atom stereocenters. The van der Waals surface area contributed by atoms with E-state index in [1.54, 1.807) is 15.5 Å². The lowest BCUT2D eigenvalue weighted by Gasteiger charge is -2.34. The number of fused-ring (bicyclic) bond motifs is 2. The van der Waals surface area contributed by atoms with Crippen LogP contribution in [0.25, 0.3) is 5.52 Å². The summed E-state index contributed by atoms with van der Waals surface area (Å²) in [4.78, 5) is 14.7. The van der Waals surface area contributed by atoms with Gasteiger partial charge in [-0.05, 0) is 70.7 Å². The Morgan fingerprint density at radius 3 is 2.96 bits per heavy atom. The van der Waals surface area contributed by atoms with E-state index in [1.165, 1.54) is 12.1 Å². The van der Waals surface area contributed by atoms with Crippen molar-refractivity contribution in [1.29, 1.82) is 0 Å². The minimum atomic E-state index is -0.271. The zero-order valence-electron chi connectivity index (χ0n) is 13.0. The average molecular weight is 388 g/mol. The fourth-order valence-corrected chi connectivity index (χ4v) is 3.60. The van der Waals surface area contributed by atoms with Crippen molar-refractivity contribution in [3.05, 3.63) is 69.7 Å². The van der Waals surface area contributed by atoms with Gasteiger partial charge in [0.2, 0.25) is 0 Å². The van der Waals surface area contributed by atoms with Crippen LogP contribution in [0.4, 0.5) is 4.39 Å². The third-order valence-corrected chi connectivity index (χ3v) is 5.02. The Labute approximate surface area is 147 Å². The summed E-state index contributed by atoms with van der Waals surface area (Å²) in [5.41, 5.74) is 3.24. The first kappa shape index (κ1) is 15.3. The van der Waals surface area contributed by atoms with Crippen molar-refractivity contribution in [3.8, 4) is 0 Å². The van der Waals surface area contributed by atoms with E-state index in [0.29, 0.717) is 12.2 Å². The molecule has 4 nitrogen and oxygen atoms in total. The van der Waals surface area contributed by atoms with Crippen LogP contribution in [-0.2, 0) is 6.42 Å². The molecule has 24 heavy (non-hydrogen) atoms. The number of aromatic nitrogens is 2. The Kier molecular flexibility index (Phi) is 3.64. The molecule has 1 unspecified atom stereocenters. The van der Waals surface area contributed by atoms with Crippen LogP contribution in [0.15, 0.2) is 47.1 Å². The maximum absolute atomic E-state index is 13.6. The number of pyridine rings is 1. The van der Waals surface area contributed by atoms with Crippen molar-refractivity contribution in [2.45, 2.75) is 19.4 Å². The summed E-state index contributed by atoms with van der Waals surface area (Å²) >= 11 is 3.40. The number of benzene rings is 1. The number of carbonyl (C=O) groups excluding carboxylic acids is 1. The van der Waals surface area contributed by atoms with Crippen LogP contribution in [-0.4, -0.2) is 27.0 Å². The second kappa shape index (κ2) is 5.70. The fourth-order valence-electron chi connectivity index (χ4n) is 3.28. The Morgan fingerprint density at radius 1 is 1.29 bits per heavy atom. The molecule has 0 N–H and O–H groups in total. The van der Waals surface area contributed by atoms with Crippen molar-refractivity contribution in [3.63, 3.8) is 0 Å². The predicted molar refractivity (Wildman–Crippen MR) is 92.4 cm³/mol. The average Bonchev–Trinajstić information content (AvgIpc) is 2.98. The van der Waals surface area contributed by atoms with Gasteiger partial charge in [-0.1, -0.05) is 6.07 Å². The van der Waals surface area contributed by atoms with Crippen molar-refractivity contribution >= 4 is 27.4 Å². The molecule has 4 rings (SSSR count). The quantitative estimate of drug-likeness (QED) is 0.632. The van der Waals surface area contributed by atoms with Gasteiger partial charge in [-0.25, -0.2) is 8.91 Å². The Hall–Kier alpha value is -2.21. The summed E-state index contributed by atoms with van der Waals surface area (Å²) in [5, 5.41) is 4.38. The summed E-state index contributed by atoms with van der Waals surface area (Å²) < 4.78 is 16.1. The van der Waals surface area contributed by atoms with Gasteiger partial charge in [0.25, 0.3) is 5.91 Å². The van der Waals surface area contributed by atoms with Gasteiger partial charge in [-0.3, -0.25) is 4.79 Å². The lowest BCUT2D eigenvalue weighted by Crippen LogP contribution is -2.39. The first-order valence-electron chi connectivity index (χ1n) is 7.77. The molecular weight excluding hydrogens is 373 g/mol. The molecule has 1 amide bonds. The van der Waals surface area contributed by atoms with Gasteiger partial charge >= 0.3 is 0 Å².